The van der Waals surface area contributed by atoms with Gasteiger partial charge in [-0.15, -0.1) is 0 Å². The maximum atomic E-state index is 12.3. The summed E-state index contributed by atoms with van der Waals surface area (Å²) in [6.07, 6.45) is -6.88. The largest absolute Gasteiger partial charge is 0.478 e. The smallest absolute Gasteiger partial charge is 0.336 e. The molecule has 134 valence electrons. The molecule has 0 aliphatic heterocycles. The van der Waals surface area contributed by atoms with Crippen molar-refractivity contribution in [2.45, 2.75) is 24.4 Å². The van der Waals surface area contributed by atoms with Crippen LogP contribution in [0.25, 0.3) is 0 Å². The molecule has 0 aliphatic carbocycles. The van der Waals surface area contributed by atoms with Crippen molar-refractivity contribution < 1.29 is 40.2 Å². The first kappa shape index (κ1) is 20.0. The predicted molar refractivity (Wildman–Crippen MR) is 81.5 cm³/mol. The van der Waals surface area contributed by atoms with E-state index in [0.717, 1.165) is 4.90 Å². The molecule has 4 unspecified atom stereocenters. The Morgan fingerprint density at radius 1 is 1.00 bits per heavy atom. The lowest BCUT2D eigenvalue weighted by Crippen LogP contribution is -2.50. The summed E-state index contributed by atoms with van der Waals surface area (Å²) in [7, 11) is 1.28. The van der Waals surface area contributed by atoms with Gasteiger partial charge in [0.2, 0.25) is 0 Å². The van der Waals surface area contributed by atoms with Gasteiger partial charge in [-0.3, -0.25) is 4.79 Å². The highest BCUT2D eigenvalue weighted by Gasteiger charge is 2.31. The summed E-state index contributed by atoms with van der Waals surface area (Å²) >= 11 is 0. The second kappa shape index (κ2) is 8.71. The molecule has 0 aliphatic rings. The number of likely N-dealkylation sites (N-methyl/N-ethyl adjacent to an activating group) is 1. The lowest BCUT2D eigenvalue weighted by molar-refractivity contribution is -0.117. The molecule has 0 fully saturated rings. The van der Waals surface area contributed by atoms with Gasteiger partial charge >= 0.3 is 5.97 Å². The topological polar surface area (TPSA) is 159 Å². The van der Waals surface area contributed by atoms with Gasteiger partial charge in [-0.25, -0.2) is 4.79 Å². The van der Waals surface area contributed by atoms with E-state index < -0.39 is 49.4 Å². The Morgan fingerprint density at radius 3 is 2.00 bits per heavy atom. The number of hydrogen-bond acceptors (Lipinski definition) is 7. The molecule has 4 atom stereocenters. The maximum absolute atomic E-state index is 12.3. The minimum Gasteiger partial charge on any atom is -0.478 e. The molecule has 0 saturated heterocycles. The lowest BCUT2D eigenvalue weighted by Gasteiger charge is -2.28. The van der Waals surface area contributed by atoms with E-state index in [1.54, 1.807) is 0 Å². The van der Waals surface area contributed by atoms with Crippen molar-refractivity contribution in [3.05, 3.63) is 35.4 Å². The van der Waals surface area contributed by atoms with E-state index in [9.17, 15) is 30.0 Å². The zero-order valence-corrected chi connectivity index (χ0v) is 13.0. The van der Waals surface area contributed by atoms with Crippen molar-refractivity contribution >= 4 is 11.9 Å². The Morgan fingerprint density at radius 2 is 1.50 bits per heavy atom. The van der Waals surface area contributed by atoms with E-state index in [0.29, 0.717) is 0 Å². The van der Waals surface area contributed by atoms with E-state index in [-0.39, 0.29) is 11.1 Å². The highest BCUT2D eigenvalue weighted by Crippen LogP contribution is 2.13. The maximum Gasteiger partial charge on any atom is 0.336 e. The predicted octanol–water partition coefficient (Wildman–Crippen LogP) is -2.11. The average Bonchev–Trinajstić information content (AvgIpc) is 2.58. The first-order valence-electron chi connectivity index (χ1n) is 7.11. The fraction of sp³-hybridized carbons (Fsp3) is 0.467. The number of hydrogen-bond donors (Lipinski definition) is 6. The summed E-state index contributed by atoms with van der Waals surface area (Å²) in [6, 6.07) is 5.52. The van der Waals surface area contributed by atoms with Crippen molar-refractivity contribution in [2.75, 3.05) is 20.2 Å². The monoisotopic (exact) mass is 343 g/mol. The Hall–Kier alpha value is -2.04. The fourth-order valence-electron chi connectivity index (χ4n) is 2.10. The number of amides is 1. The number of carbonyl (C=O) groups is 2. The van der Waals surface area contributed by atoms with Crippen LogP contribution >= 0.6 is 0 Å². The highest BCUT2D eigenvalue weighted by atomic mass is 16.4. The van der Waals surface area contributed by atoms with Gasteiger partial charge in [-0.05, 0) is 12.1 Å². The molecule has 6 N–H and O–H groups in total. The van der Waals surface area contributed by atoms with Crippen LogP contribution in [-0.4, -0.2) is 92.0 Å². The van der Waals surface area contributed by atoms with Gasteiger partial charge in [0.15, 0.2) is 0 Å². The van der Waals surface area contributed by atoms with Gasteiger partial charge in [0.05, 0.1) is 17.7 Å². The number of aliphatic hydroxyl groups excluding tert-OH is 5. The number of nitrogens with zero attached hydrogens (tertiary/aromatic N) is 1. The minimum atomic E-state index is -1.81. The van der Waals surface area contributed by atoms with Crippen LogP contribution in [0.2, 0.25) is 0 Å². The Bertz CT molecular complexity index is 578. The molecule has 9 nitrogen and oxygen atoms in total. The number of aromatic carboxylic acids is 1. The summed E-state index contributed by atoms with van der Waals surface area (Å²) < 4.78 is 0. The molecule has 0 saturated carbocycles. The Labute approximate surface area is 138 Å². The zero-order chi connectivity index (χ0) is 18.4. The third-order valence-electron chi connectivity index (χ3n) is 3.52. The standard InChI is InChI=1S/C15H21NO8/c1-16(6-10(18)12(20)13(21)11(19)7-17)14(22)8-4-2-3-5-9(8)15(23)24/h2-5,10-13,17-21H,6-7H2,1H3,(H,23,24). The molecule has 0 radical (unpaired) electrons. The number of carboxylic acids is 1. The number of carboxylic acid groups (broad SMARTS) is 1. The highest BCUT2D eigenvalue weighted by molar-refractivity contribution is 6.04. The molecule has 0 heterocycles. The van der Waals surface area contributed by atoms with Crippen LogP contribution in [0, 0.1) is 0 Å². The Kier molecular flexibility index (Phi) is 7.26. The van der Waals surface area contributed by atoms with Gasteiger partial charge < -0.3 is 35.5 Å². The SMILES string of the molecule is CN(CC(O)C(O)C(O)C(O)CO)C(=O)c1ccccc1C(=O)O. The normalized spacial score (nSPS) is 16.1. The van der Waals surface area contributed by atoms with E-state index in [1.165, 1.54) is 31.3 Å². The lowest BCUT2D eigenvalue weighted by atomic mass is 10.0. The van der Waals surface area contributed by atoms with Gasteiger partial charge in [0.1, 0.15) is 24.4 Å². The van der Waals surface area contributed by atoms with Crippen LogP contribution in [0.3, 0.4) is 0 Å². The summed E-state index contributed by atoms with van der Waals surface area (Å²) in [6.45, 7) is -1.24. The van der Waals surface area contributed by atoms with E-state index >= 15 is 0 Å². The zero-order valence-electron chi connectivity index (χ0n) is 13.0. The number of aliphatic hydroxyl groups is 5. The first-order chi connectivity index (χ1) is 11.2. The summed E-state index contributed by atoms with van der Waals surface area (Å²) in [5.41, 5.74) is -0.301. The van der Waals surface area contributed by atoms with Crippen LogP contribution in [0.5, 0.6) is 0 Å². The quantitative estimate of drug-likeness (QED) is 0.313. The van der Waals surface area contributed by atoms with Crippen LogP contribution in [0.1, 0.15) is 20.7 Å². The molecule has 24 heavy (non-hydrogen) atoms. The van der Waals surface area contributed by atoms with Crippen molar-refractivity contribution in [1.29, 1.82) is 0 Å². The van der Waals surface area contributed by atoms with Crippen LogP contribution in [0.4, 0.5) is 0 Å². The molecule has 9 heteroatoms. The van der Waals surface area contributed by atoms with Crippen LogP contribution in [-0.2, 0) is 0 Å². The van der Waals surface area contributed by atoms with Crippen molar-refractivity contribution in [3.63, 3.8) is 0 Å². The van der Waals surface area contributed by atoms with E-state index in [2.05, 4.69) is 0 Å². The summed E-state index contributed by atoms with van der Waals surface area (Å²) in [4.78, 5) is 24.4. The van der Waals surface area contributed by atoms with E-state index in [1.807, 2.05) is 0 Å². The van der Waals surface area contributed by atoms with Gasteiger partial charge in [-0.2, -0.15) is 0 Å². The van der Waals surface area contributed by atoms with Crippen molar-refractivity contribution in [2.24, 2.45) is 0 Å². The Balaban J connectivity index is 2.82. The average molecular weight is 343 g/mol. The number of benzene rings is 1. The molecule has 0 bridgehead atoms. The van der Waals surface area contributed by atoms with Gasteiger partial charge in [-0.1, -0.05) is 12.1 Å². The van der Waals surface area contributed by atoms with Gasteiger partial charge in [0, 0.05) is 13.6 Å². The molecule has 1 rings (SSSR count). The van der Waals surface area contributed by atoms with Crippen LogP contribution < -0.4 is 0 Å². The second-order valence-electron chi connectivity index (χ2n) is 5.33. The molecule has 1 amide bonds. The summed E-state index contributed by atoms with van der Waals surface area (Å²) in [5.74, 6) is -1.98. The second-order valence-corrected chi connectivity index (χ2v) is 5.33. The molecule has 1 aromatic rings. The number of rotatable bonds is 8. The first-order valence-corrected chi connectivity index (χ1v) is 7.11. The molecular weight excluding hydrogens is 322 g/mol. The summed E-state index contributed by atoms with van der Waals surface area (Å²) in [5, 5.41) is 56.2. The van der Waals surface area contributed by atoms with Gasteiger partial charge in [0.25, 0.3) is 5.91 Å². The van der Waals surface area contributed by atoms with E-state index in [4.69, 9.17) is 10.2 Å². The molecule has 1 aromatic carbocycles. The van der Waals surface area contributed by atoms with Crippen molar-refractivity contribution in [3.8, 4) is 0 Å². The number of carbonyl (C=O) groups excluding carboxylic acids is 1. The third-order valence-corrected chi connectivity index (χ3v) is 3.52. The minimum absolute atomic E-state index is 0.0925. The molecular formula is C15H21NO8. The van der Waals surface area contributed by atoms with Crippen molar-refractivity contribution in [1.82, 2.24) is 4.90 Å². The molecule has 0 spiro atoms. The van der Waals surface area contributed by atoms with Crippen LogP contribution in [0.15, 0.2) is 24.3 Å². The third kappa shape index (κ3) is 4.73. The fourth-order valence-corrected chi connectivity index (χ4v) is 2.10. The molecule has 0 aromatic heterocycles.